The fourth-order valence-corrected chi connectivity index (χ4v) is 3.38. The van der Waals surface area contributed by atoms with Crippen LogP contribution in [0.15, 0.2) is 0 Å². The zero-order valence-electron chi connectivity index (χ0n) is 11.5. The average Bonchev–Trinajstić information content (AvgIpc) is 2.76. The molecular weight excluding hydrogens is 208 g/mol. The van der Waals surface area contributed by atoms with E-state index in [-0.39, 0.29) is 1.43 Å². The molecule has 2 saturated carbocycles. The van der Waals surface area contributed by atoms with Crippen LogP contribution in [0.4, 0.5) is 0 Å². The van der Waals surface area contributed by atoms with Crippen molar-refractivity contribution in [1.29, 1.82) is 5.26 Å². The van der Waals surface area contributed by atoms with Gasteiger partial charge in [-0.05, 0) is 37.5 Å². The van der Waals surface area contributed by atoms with Gasteiger partial charge in [-0.3, -0.25) is 0 Å². The molecule has 17 heavy (non-hydrogen) atoms. The van der Waals surface area contributed by atoms with Gasteiger partial charge in [0, 0.05) is 1.43 Å². The predicted molar refractivity (Wildman–Crippen MR) is 74.5 cm³/mol. The van der Waals surface area contributed by atoms with Crippen molar-refractivity contribution in [3.63, 3.8) is 0 Å². The van der Waals surface area contributed by atoms with Crippen LogP contribution in [0.5, 0.6) is 0 Å². The molecule has 0 aromatic heterocycles. The van der Waals surface area contributed by atoms with Gasteiger partial charge in [0.2, 0.25) is 0 Å². The molecule has 2 fully saturated rings. The third-order valence-corrected chi connectivity index (χ3v) is 4.27. The van der Waals surface area contributed by atoms with E-state index in [0.29, 0.717) is 0 Å². The summed E-state index contributed by atoms with van der Waals surface area (Å²) in [6, 6.07) is 2.29. The largest absolute Gasteiger partial charge is 0.313 e. The number of nitriles is 1. The molecule has 0 amide bonds. The Morgan fingerprint density at radius 1 is 1.18 bits per heavy atom. The molecule has 2 aliphatic carbocycles. The van der Waals surface area contributed by atoms with Gasteiger partial charge in [0.1, 0.15) is 5.54 Å². The molecular formula is C15H30N2. The van der Waals surface area contributed by atoms with Gasteiger partial charge < -0.3 is 5.73 Å². The summed E-state index contributed by atoms with van der Waals surface area (Å²) in [5, 5.41) is 8.97. The van der Waals surface area contributed by atoms with Crippen LogP contribution >= 0.6 is 0 Å². The molecule has 2 rings (SSSR count). The Morgan fingerprint density at radius 3 is 2.35 bits per heavy atom. The van der Waals surface area contributed by atoms with E-state index in [0.717, 1.165) is 24.7 Å². The van der Waals surface area contributed by atoms with E-state index in [4.69, 9.17) is 11.0 Å². The first-order valence-corrected chi connectivity index (χ1v) is 7.42. The highest BCUT2D eigenvalue weighted by molar-refractivity contribution is 5.09. The summed E-state index contributed by atoms with van der Waals surface area (Å²) in [5.74, 6) is 1.67. The van der Waals surface area contributed by atoms with E-state index in [1.54, 1.807) is 0 Å². The summed E-state index contributed by atoms with van der Waals surface area (Å²) in [7, 11) is 0. The van der Waals surface area contributed by atoms with Gasteiger partial charge in [-0.1, -0.05) is 46.0 Å². The van der Waals surface area contributed by atoms with E-state index < -0.39 is 5.54 Å². The molecule has 0 radical (unpaired) electrons. The van der Waals surface area contributed by atoms with Crippen LogP contribution in [0.3, 0.4) is 0 Å². The fourth-order valence-electron chi connectivity index (χ4n) is 3.38. The average molecular weight is 238 g/mol. The summed E-state index contributed by atoms with van der Waals surface area (Å²) in [4.78, 5) is 0. The summed E-state index contributed by atoms with van der Waals surface area (Å²) >= 11 is 0. The molecule has 2 aliphatic rings. The summed E-state index contributed by atoms with van der Waals surface area (Å²) in [5.41, 5.74) is 5.51. The maximum Gasteiger partial charge on any atom is 0.104 e. The SMILES string of the molecule is CC.N#CC1(N)CCC(CC2CCCCC2)C1.[HH]. The second kappa shape index (κ2) is 7.01. The molecule has 2 atom stereocenters. The molecule has 0 saturated heterocycles. The van der Waals surface area contributed by atoms with Crippen molar-refractivity contribution in [2.24, 2.45) is 17.6 Å². The third-order valence-electron chi connectivity index (χ3n) is 4.27. The Morgan fingerprint density at radius 2 is 1.82 bits per heavy atom. The maximum absolute atomic E-state index is 8.97. The van der Waals surface area contributed by atoms with E-state index in [2.05, 4.69) is 6.07 Å². The quantitative estimate of drug-likeness (QED) is 0.782. The number of nitrogens with zero attached hydrogens (tertiary/aromatic N) is 1. The highest BCUT2D eigenvalue weighted by Crippen LogP contribution is 2.39. The monoisotopic (exact) mass is 238 g/mol. The molecule has 0 aromatic carbocycles. The number of hydrogen-bond acceptors (Lipinski definition) is 2. The van der Waals surface area contributed by atoms with Crippen molar-refractivity contribution >= 4 is 0 Å². The van der Waals surface area contributed by atoms with Crippen LogP contribution in [0.1, 0.15) is 73.1 Å². The second-order valence-corrected chi connectivity index (χ2v) is 5.62. The third kappa shape index (κ3) is 4.32. The van der Waals surface area contributed by atoms with Crippen molar-refractivity contribution < 1.29 is 1.43 Å². The lowest BCUT2D eigenvalue weighted by molar-refractivity contribution is 0.286. The first kappa shape index (κ1) is 14.5. The Hall–Kier alpha value is -0.550. The molecule has 2 N–H and O–H groups in total. The Balaban J connectivity index is 0.000000917. The molecule has 0 bridgehead atoms. The minimum absolute atomic E-state index is 0. The van der Waals surface area contributed by atoms with Crippen LogP contribution in [0, 0.1) is 23.2 Å². The van der Waals surface area contributed by atoms with E-state index in [1.165, 1.54) is 44.9 Å². The van der Waals surface area contributed by atoms with Crippen LogP contribution in [-0.4, -0.2) is 5.54 Å². The molecule has 0 heterocycles. The summed E-state index contributed by atoms with van der Waals surface area (Å²) < 4.78 is 0. The van der Waals surface area contributed by atoms with Crippen molar-refractivity contribution in [2.45, 2.75) is 77.2 Å². The van der Waals surface area contributed by atoms with Crippen LogP contribution in [0.25, 0.3) is 0 Å². The smallest absolute Gasteiger partial charge is 0.104 e. The van der Waals surface area contributed by atoms with Gasteiger partial charge in [0.15, 0.2) is 0 Å². The van der Waals surface area contributed by atoms with Gasteiger partial charge in [0.25, 0.3) is 0 Å². The van der Waals surface area contributed by atoms with Gasteiger partial charge >= 0.3 is 0 Å². The van der Waals surface area contributed by atoms with E-state index >= 15 is 0 Å². The van der Waals surface area contributed by atoms with Crippen molar-refractivity contribution in [2.75, 3.05) is 0 Å². The lowest BCUT2D eigenvalue weighted by Crippen LogP contribution is -2.34. The van der Waals surface area contributed by atoms with Crippen LogP contribution < -0.4 is 5.73 Å². The first-order valence-electron chi connectivity index (χ1n) is 7.42. The Bertz CT molecular complexity index is 256. The minimum Gasteiger partial charge on any atom is -0.313 e. The minimum atomic E-state index is -0.487. The first-order chi connectivity index (χ1) is 8.22. The Labute approximate surface area is 108 Å². The van der Waals surface area contributed by atoms with Crippen molar-refractivity contribution in [3.8, 4) is 6.07 Å². The van der Waals surface area contributed by atoms with Gasteiger partial charge in [-0.25, -0.2) is 0 Å². The van der Waals surface area contributed by atoms with E-state index in [1.807, 2.05) is 13.8 Å². The van der Waals surface area contributed by atoms with Crippen LogP contribution in [0.2, 0.25) is 0 Å². The molecule has 0 aliphatic heterocycles. The molecule has 2 unspecified atom stereocenters. The van der Waals surface area contributed by atoms with Gasteiger partial charge in [-0.2, -0.15) is 5.26 Å². The maximum atomic E-state index is 8.97. The highest BCUT2D eigenvalue weighted by Gasteiger charge is 2.36. The number of rotatable bonds is 2. The fraction of sp³-hybridized carbons (Fsp3) is 0.933. The van der Waals surface area contributed by atoms with Gasteiger partial charge in [0.05, 0.1) is 6.07 Å². The normalized spacial score (nSPS) is 33.6. The molecule has 0 aromatic rings. The zero-order valence-corrected chi connectivity index (χ0v) is 11.5. The summed E-state index contributed by atoms with van der Waals surface area (Å²) in [6.45, 7) is 4.00. The topological polar surface area (TPSA) is 49.8 Å². The number of hydrogen-bond donors (Lipinski definition) is 1. The molecule has 0 spiro atoms. The molecule has 2 heteroatoms. The number of nitrogens with two attached hydrogens (primary N) is 1. The van der Waals surface area contributed by atoms with Crippen LogP contribution in [-0.2, 0) is 0 Å². The predicted octanol–water partition coefficient (Wildman–Crippen LogP) is 4.25. The zero-order chi connectivity index (χ0) is 12.7. The van der Waals surface area contributed by atoms with Gasteiger partial charge in [-0.15, -0.1) is 0 Å². The molecule has 100 valence electrons. The summed E-state index contributed by atoms with van der Waals surface area (Å²) in [6.07, 6.45) is 11.5. The Kier molecular flexibility index (Phi) is 5.98. The standard InChI is InChI=1S/C13H22N2.C2H6.H2/c14-10-13(15)7-6-12(9-13)8-11-4-2-1-3-5-11;1-2;/h11-12H,1-9,15H2;1-2H3;1H. The lowest BCUT2D eigenvalue weighted by atomic mass is 9.82. The van der Waals surface area contributed by atoms with Crippen molar-refractivity contribution in [1.82, 2.24) is 0 Å². The van der Waals surface area contributed by atoms with E-state index in [9.17, 15) is 0 Å². The second-order valence-electron chi connectivity index (χ2n) is 5.62. The highest BCUT2D eigenvalue weighted by atomic mass is 14.8. The van der Waals surface area contributed by atoms with Crippen molar-refractivity contribution in [3.05, 3.63) is 0 Å². The lowest BCUT2D eigenvalue weighted by Gasteiger charge is -2.24. The molecule has 2 nitrogen and oxygen atoms in total.